The summed E-state index contributed by atoms with van der Waals surface area (Å²) >= 11 is 7.19. The summed E-state index contributed by atoms with van der Waals surface area (Å²) in [5, 5.41) is 1.18. The number of benzene rings is 1. The molecule has 0 radical (unpaired) electrons. The van der Waals surface area contributed by atoms with Gasteiger partial charge >= 0.3 is 0 Å². The van der Waals surface area contributed by atoms with Crippen molar-refractivity contribution in [3.05, 3.63) is 29.3 Å². The summed E-state index contributed by atoms with van der Waals surface area (Å²) < 4.78 is 29.7. The van der Waals surface area contributed by atoms with E-state index in [0.717, 1.165) is 52.8 Å². The lowest BCUT2D eigenvalue weighted by Gasteiger charge is -2.33. The SMILES string of the molecule is CCC(=O)CN([C@H]1CCN([C@@H](C)C(=O)N2CCC[C@H]2CN2CCCC2)C1=O)S(=O)(=O)c1cc2cc(Cl)ccc2s1. The summed E-state index contributed by atoms with van der Waals surface area (Å²) in [6, 6.07) is 5.09. The van der Waals surface area contributed by atoms with Gasteiger partial charge in [-0.05, 0) is 81.8 Å². The van der Waals surface area contributed by atoms with Crippen LogP contribution < -0.4 is 0 Å². The maximum absolute atomic E-state index is 13.9. The van der Waals surface area contributed by atoms with Gasteiger partial charge in [0.25, 0.3) is 10.0 Å². The van der Waals surface area contributed by atoms with Crippen LogP contribution >= 0.6 is 22.9 Å². The third-order valence-electron chi connectivity index (χ3n) is 8.46. The van der Waals surface area contributed by atoms with E-state index in [1.165, 1.54) is 17.7 Å². The van der Waals surface area contributed by atoms with Crippen LogP contribution in [0.3, 0.4) is 0 Å². The van der Waals surface area contributed by atoms with Gasteiger partial charge in [-0.3, -0.25) is 14.4 Å². The summed E-state index contributed by atoms with van der Waals surface area (Å²) in [6.45, 7) is 6.95. The van der Waals surface area contributed by atoms with Crippen LogP contribution in [0.4, 0.5) is 0 Å². The van der Waals surface area contributed by atoms with E-state index in [9.17, 15) is 22.8 Å². The molecule has 1 aromatic carbocycles. The third-order valence-corrected chi connectivity index (χ3v) is 12.1. The number of carbonyl (C=O) groups excluding carboxylic acids is 3. The van der Waals surface area contributed by atoms with Crippen molar-refractivity contribution in [1.29, 1.82) is 0 Å². The molecular weight excluding hydrogens is 572 g/mol. The molecule has 0 N–H and O–H groups in total. The van der Waals surface area contributed by atoms with Gasteiger partial charge in [-0.25, -0.2) is 8.42 Å². The fraction of sp³-hybridized carbons (Fsp3) is 0.607. The Balaban J connectivity index is 1.35. The van der Waals surface area contributed by atoms with Gasteiger partial charge in [0.1, 0.15) is 22.1 Å². The number of amides is 2. The van der Waals surface area contributed by atoms with Crippen LogP contribution in [0.2, 0.25) is 5.02 Å². The lowest BCUT2D eigenvalue weighted by Crippen LogP contribution is -2.53. The maximum atomic E-state index is 13.9. The van der Waals surface area contributed by atoms with Crippen LogP contribution in [0.25, 0.3) is 10.1 Å². The smallest absolute Gasteiger partial charge is 0.253 e. The molecule has 3 saturated heterocycles. The Morgan fingerprint density at radius 2 is 1.85 bits per heavy atom. The molecule has 2 aromatic rings. The van der Waals surface area contributed by atoms with Gasteiger partial charge in [-0.2, -0.15) is 4.31 Å². The van der Waals surface area contributed by atoms with Crippen LogP contribution in [0.15, 0.2) is 28.5 Å². The zero-order valence-electron chi connectivity index (χ0n) is 23.1. The summed E-state index contributed by atoms with van der Waals surface area (Å²) in [7, 11) is -4.16. The zero-order chi connectivity index (χ0) is 28.6. The maximum Gasteiger partial charge on any atom is 0.253 e. The number of carbonyl (C=O) groups is 3. The largest absolute Gasteiger partial charge is 0.337 e. The summed E-state index contributed by atoms with van der Waals surface area (Å²) in [6.07, 6.45) is 4.66. The second-order valence-corrected chi connectivity index (χ2v) is 14.7. The van der Waals surface area contributed by atoms with Crippen LogP contribution in [0.1, 0.15) is 52.4 Å². The van der Waals surface area contributed by atoms with Gasteiger partial charge in [-0.15, -0.1) is 11.3 Å². The fourth-order valence-corrected chi connectivity index (χ4v) is 9.46. The van der Waals surface area contributed by atoms with Crippen molar-refractivity contribution in [3.8, 4) is 0 Å². The first kappa shape index (κ1) is 29.4. The van der Waals surface area contributed by atoms with E-state index in [1.807, 2.05) is 4.90 Å². The van der Waals surface area contributed by atoms with Gasteiger partial charge in [0.2, 0.25) is 11.8 Å². The predicted molar refractivity (Wildman–Crippen MR) is 156 cm³/mol. The summed E-state index contributed by atoms with van der Waals surface area (Å²) in [4.78, 5) is 45.8. The Kier molecular flexibility index (Phi) is 8.87. The molecule has 3 fully saturated rings. The minimum Gasteiger partial charge on any atom is -0.337 e. The average Bonchev–Trinajstić information content (AvgIpc) is 3.74. The van der Waals surface area contributed by atoms with Crippen LogP contribution in [0.5, 0.6) is 0 Å². The first-order chi connectivity index (χ1) is 19.1. The van der Waals surface area contributed by atoms with Crippen molar-refractivity contribution in [3.63, 3.8) is 0 Å². The first-order valence-corrected chi connectivity index (χ1v) is 16.8. The molecule has 5 rings (SSSR count). The Morgan fingerprint density at radius 3 is 2.58 bits per heavy atom. The van der Waals surface area contributed by atoms with E-state index in [4.69, 9.17) is 11.6 Å². The highest BCUT2D eigenvalue weighted by molar-refractivity contribution is 7.91. The molecule has 0 aliphatic carbocycles. The monoisotopic (exact) mass is 608 g/mol. The van der Waals surface area contributed by atoms with Crippen molar-refractivity contribution in [2.24, 2.45) is 0 Å². The number of rotatable bonds is 10. The molecule has 3 aliphatic heterocycles. The molecule has 4 heterocycles. The van der Waals surface area contributed by atoms with Crippen molar-refractivity contribution in [2.45, 2.75) is 74.7 Å². The number of thiophene rings is 1. The highest BCUT2D eigenvalue weighted by Gasteiger charge is 2.46. The molecule has 40 heavy (non-hydrogen) atoms. The number of fused-ring (bicyclic) bond motifs is 1. The van der Waals surface area contributed by atoms with Gasteiger partial charge < -0.3 is 14.7 Å². The lowest BCUT2D eigenvalue weighted by atomic mass is 10.2. The molecular formula is C28H37ClN4O5S2. The Morgan fingerprint density at radius 1 is 1.10 bits per heavy atom. The minimum absolute atomic E-state index is 0.0610. The zero-order valence-corrected chi connectivity index (χ0v) is 25.4. The molecule has 2 amide bonds. The molecule has 3 atom stereocenters. The molecule has 12 heteroatoms. The molecule has 9 nitrogen and oxygen atoms in total. The fourth-order valence-electron chi connectivity index (χ4n) is 6.17. The Bertz CT molecular complexity index is 1390. The van der Waals surface area contributed by atoms with Gasteiger partial charge in [0.05, 0.1) is 6.54 Å². The number of hydrogen-bond donors (Lipinski definition) is 0. The lowest BCUT2D eigenvalue weighted by molar-refractivity contribution is -0.144. The predicted octanol–water partition coefficient (Wildman–Crippen LogP) is 3.60. The second kappa shape index (κ2) is 12.1. The Hall–Kier alpha value is -2.05. The van der Waals surface area contributed by atoms with E-state index in [1.54, 1.807) is 38.1 Å². The third kappa shape index (κ3) is 5.81. The summed E-state index contributed by atoms with van der Waals surface area (Å²) in [5.41, 5.74) is 0. The first-order valence-electron chi connectivity index (χ1n) is 14.2. The number of Topliss-reactive ketones (excluding diaryl/α,β-unsaturated/α-hetero) is 1. The number of halogens is 1. The normalized spacial score (nSPS) is 23.1. The van der Waals surface area contributed by atoms with E-state index in [-0.39, 0.29) is 47.9 Å². The quantitative estimate of drug-likeness (QED) is 0.409. The van der Waals surface area contributed by atoms with Crippen LogP contribution in [-0.4, -0.2) is 102 Å². The summed E-state index contributed by atoms with van der Waals surface area (Å²) in [5.74, 6) is -0.783. The molecule has 0 saturated carbocycles. The number of likely N-dealkylation sites (tertiary alicyclic amines) is 3. The molecule has 218 valence electrons. The van der Waals surface area contributed by atoms with Crippen molar-refractivity contribution < 1.29 is 22.8 Å². The van der Waals surface area contributed by atoms with E-state index >= 15 is 0 Å². The van der Waals surface area contributed by atoms with Gasteiger partial charge in [0.15, 0.2) is 0 Å². The molecule has 0 bridgehead atoms. The molecule has 0 unspecified atom stereocenters. The highest BCUT2D eigenvalue weighted by atomic mass is 35.5. The number of ketones is 1. The van der Waals surface area contributed by atoms with Crippen molar-refractivity contribution in [2.75, 3.05) is 39.3 Å². The van der Waals surface area contributed by atoms with Crippen LogP contribution in [0, 0.1) is 0 Å². The van der Waals surface area contributed by atoms with E-state index in [2.05, 4.69) is 4.90 Å². The second-order valence-electron chi connectivity index (χ2n) is 11.0. The molecule has 0 spiro atoms. The van der Waals surface area contributed by atoms with Gasteiger partial charge in [0, 0.05) is 41.8 Å². The van der Waals surface area contributed by atoms with Crippen molar-refractivity contribution in [1.82, 2.24) is 19.0 Å². The van der Waals surface area contributed by atoms with E-state index in [0.29, 0.717) is 17.0 Å². The van der Waals surface area contributed by atoms with Crippen LogP contribution in [-0.2, 0) is 24.4 Å². The van der Waals surface area contributed by atoms with Gasteiger partial charge in [-0.1, -0.05) is 18.5 Å². The Labute approximate surface area is 245 Å². The standard InChI is InChI=1S/C28H37ClN4O5S2/c1-3-23(34)18-33(40(37,38)26-16-20-15-21(29)8-9-25(20)39-26)24-10-14-31(28(24)36)19(2)27(35)32-13-6-7-22(32)17-30-11-4-5-12-30/h8-9,15-16,19,22,24H,3-7,10-14,17-18H2,1-2H3/t19-,22-,24-/m0/s1. The number of hydrogen-bond acceptors (Lipinski definition) is 7. The number of sulfonamides is 1. The average molecular weight is 609 g/mol. The van der Waals surface area contributed by atoms with E-state index < -0.39 is 28.0 Å². The molecule has 1 aromatic heterocycles. The number of nitrogens with zero attached hydrogens (tertiary/aromatic N) is 4. The topological polar surface area (TPSA) is 98.3 Å². The van der Waals surface area contributed by atoms with Crippen molar-refractivity contribution >= 4 is 60.6 Å². The molecule has 3 aliphatic rings. The highest BCUT2D eigenvalue weighted by Crippen LogP contribution is 2.35. The minimum atomic E-state index is -4.16.